The van der Waals surface area contributed by atoms with E-state index in [9.17, 15) is 23.5 Å². The van der Waals surface area contributed by atoms with Crippen molar-refractivity contribution in [2.45, 2.75) is 13.0 Å². The fourth-order valence-corrected chi connectivity index (χ4v) is 2.25. The molecule has 132 valence electrons. The van der Waals surface area contributed by atoms with Gasteiger partial charge >= 0.3 is 0 Å². The molecule has 7 heteroatoms. The van der Waals surface area contributed by atoms with E-state index in [2.05, 4.69) is 10.6 Å². The van der Waals surface area contributed by atoms with Gasteiger partial charge in [-0.1, -0.05) is 23.8 Å². The van der Waals surface area contributed by atoms with E-state index in [0.29, 0.717) is 5.56 Å². The summed E-state index contributed by atoms with van der Waals surface area (Å²) in [4.78, 5) is 23.6. The largest absolute Gasteiger partial charge is 0.386 e. The van der Waals surface area contributed by atoms with E-state index in [1.807, 2.05) is 13.0 Å². The first-order chi connectivity index (χ1) is 11.9. The first-order valence-corrected chi connectivity index (χ1v) is 7.62. The number of benzene rings is 2. The third-order valence-corrected chi connectivity index (χ3v) is 3.52. The Morgan fingerprint density at radius 1 is 1.08 bits per heavy atom. The molecule has 0 aliphatic rings. The Morgan fingerprint density at radius 3 is 2.36 bits per heavy atom. The summed E-state index contributed by atoms with van der Waals surface area (Å²) in [6.45, 7) is 1.14. The summed E-state index contributed by atoms with van der Waals surface area (Å²) in [5.41, 5.74) is 0.819. The Kier molecular flexibility index (Phi) is 6.19. The lowest BCUT2D eigenvalue weighted by atomic mass is 10.1. The van der Waals surface area contributed by atoms with Crippen molar-refractivity contribution in [3.8, 4) is 0 Å². The minimum Gasteiger partial charge on any atom is -0.386 e. The maximum Gasteiger partial charge on any atom is 0.251 e. The van der Waals surface area contributed by atoms with Crippen molar-refractivity contribution in [2.24, 2.45) is 0 Å². The van der Waals surface area contributed by atoms with Crippen LogP contribution < -0.4 is 10.6 Å². The van der Waals surface area contributed by atoms with Crippen molar-refractivity contribution in [1.29, 1.82) is 0 Å². The molecule has 0 saturated heterocycles. The van der Waals surface area contributed by atoms with E-state index in [0.717, 1.165) is 17.7 Å². The van der Waals surface area contributed by atoms with Crippen LogP contribution in [0.5, 0.6) is 0 Å². The molecular weight excluding hydrogens is 330 g/mol. The monoisotopic (exact) mass is 348 g/mol. The number of carbonyl (C=O) groups excluding carboxylic acids is 2. The SMILES string of the molecule is Cc1cccc(C(=O)NCC(=O)NCC(O)c2c(F)cccc2F)c1. The van der Waals surface area contributed by atoms with Crippen LogP contribution in [0.3, 0.4) is 0 Å². The summed E-state index contributed by atoms with van der Waals surface area (Å²) in [6, 6.07) is 10.1. The van der Waals surface area contributed by atoms with Crippen molar-refractivity contribution in [3.05, 3.63) is 70.8 Å². The second-order valence-corrected chi connectivity index (χ2v) is 5.51. The van der Waals surface area contributed by atoms with Crippen molar-refractivity contribution in [3.63, 3.8) is 0 Å². The van der Waals surface area contributed by atoms with Gasteiger partial charge in [0.25, 0.3) is 5.91 Å². The third-order valence-electron chi connectivity index (χ3n) is 3.52. The zero-order valence-corrected chi connectivity index (χ0v) is 13.6. The quantitative estimate of drug-likeness (QED) is 0.746. The minimum atomic E-state index is -1.53. The topological polar surface area (TPSA) is 78.4 Å². The Balaban J connectivity index is 1.83. The number of carbonyl (C=O) groups is 2. The Labute approximate surface area is 143 Å². The Morgan fingerprint density at radius 2 is 1.72 bits per heavy atom. The maximum absolute atomic E-state index is 13.5. The molecule has 25 heavy (non-hydrogen) atoms. The van der Waals surface area contributed by atoms with E-state index in [1.54, 1.807) is 18.2 Å². The molecule has 1 atom stereocenters. The van der Waals surface area contributed by atoms with Crippen LogP contribution in [0.25, 0.3) is 0 Å². The normalized spacial score (nSPS) is 11.7. The smallest absolute Gasteiger partial charge is 0.251 e. The first-order valence-electron chi connectivity index (χ1n) is 7.62. The lowest BCUT2D eigenvalue weighted by Crippen LogP contribution is -2.38. The summed E-state index contributed by atoms with van der Waals surface area (Å²) in [5, 5.41) is 14.6. The van der Waals surface area contributed by atoms with E-state index in [4.69, 9.17) is 0 Å². The molecule has 0 spiro atoms. The average molecular weight is 348 g/mol. The van der Waals surface area contributed by atoms with Crippen molar-refractivity contribution in [1.82, 2.24) is 10.6 Å². The highest BCUT2D eigenvalue weighted by atomic mass is 19.1. The molecule has 2 rings (SSSR count). The number of nitrogens with one attached hydrogen (secondary N) is 2. The van der Waals surface area contributed by atoms with E-state index < -0.39 is 35.1 Å². The highest BCUT2D eigenvalue weighted by Crippen LogP contribution is 2.19. The van der Waals surface area contributed by atoms with Gasteiger partial charge in [-0.3, -0.25) is 9.59 Å². The molecule has 0 radical (unpaired) electrons. The number of rotatable bonds is 6. The van der Waals surface area contributed by atoms with Gasteiger partial charge in [-0.15, -0.1) is 0 Å². The van der Waals surface area contributed by atoms with Crippen LogP contribution >= 0.6 is 0 Å². The molecule has 1 unspecified atom stereocenters. The Bertz CT molecular complexity index is 760. The molecule has 2 amide bonds. The minimum absolute atomic E-state index is 0.320. The van der Waals surface area contributed by atoms with Gasteiger partial charge in [0.05, 0.1) is 12.1 Å². The van der Waals surface area contributed by atoms with E-state index in [-0.39, 0.29) is 13.1 Å². The summed E-state index contributed by atoms with van der Waals surface area (Å²) in [6.07, 6.45) is -1.53. The van der Waals surface area contributed by atoms with Crippen LogP contribution in [0.4, 0.5) is 8.78 Å². The highest BCUT2D eigenvalue weighted by molar-refractivity contribution is 5.96. The van der Waals surface area contributed by atoms with Crippen LogP contribution in [0.15, 0.2) is 42.5 Å². The van der Waals surface area contributed by atoms with Crippen LogP contribution in [-0.2, 0) is 4.79 Å². The Hall–Kier alpha value is -2.80. The second kappa shape index (κ2) is 8.34. The van der Waals surface area contributed by atoms with Gasteiger partial charge in [0.1, 0.15) is 17.7 Å². The summed E-state index contributed by atoms with van der Waals surface area (Å²) >= 11 is 0. The van der Waals surface area contributed by atoms with Gasteiger partial charge in [0.2, 0.25) is 5.91 Å². The molecule has 0 aliphatic heterocycles. The zero-order valence-electron chi connectivity index (χ0n) is 13.6. The summed E-state index contributed by atoms with van der Waals surface area (Å²) in [5.74, 6) is -2.79. The summed E-state index contributed by atoms with van der Waals surface area (Å²) < 4.78 is 27.1. The molecule has 2 aromatic rings. The average Bonchev–Trinajstić information content (AvgIpc) is 2.57. The number of aryl methyl sites for hydroxylation is 1. The molecule has 0 fully saturated rings. The molecule has 0 aliphatic carbocycles. The van der Waals surface area contributed by atoms with Crippen LogP contribution in [-0.4, -0.2) is 30.0 Å². The standard InChI is InChI=1S/C18H18F2N2O3/c1-11-4-2-5-12(8-11)18(25)22-10-16(24)21-9-15(23)17-13(19)6-3-7-14(17)20/h2-8,15,23H,9-10H2,1H3,(H,21,24)(H,22,25). The van der Waals surface area contributed by atoms with Gasteiger partial charge in [0, 0.05) is 12.1 Å². The molecule has 2 aromatic carbocycles. The van der Waals surface area contributed by atoms with Crippen LogP contribution in [0.2, 0.25) is 0 Å². The zero-order chi connectivity index (χ0) is 18.4. The van der Waals surface area contributed by atoms with Gasteiger partial charge < -0.3 is 15.7 Å². The first kappa shape index (κ1) is 18.5. The molecule has 5 nitrogen and oxygen atoms in total. The number of hydrogen-bond acceptors (Lipinski definition) is 3. The van der Waals surface area contributed by atoms with E-state index in [1.165, 1.54) is 6.07 Å². The second-order valence-electron chi connectivity index (χ2n) is 5.51. The lowest BCUT2D eigenvalue weighted by molar-refractivity contribution is -0.120. The van der Waals surface area contributed by atoms with Gasteiger partial charge in [-0.05, 0) is 31.2 Å². The molecule has 0 heterocycles. The number of aliphatic hydroxyl groups excluding tert-OH is 1. The molecule has 0 saturated carbocycles. The fourth-order valence-electron chi connectivity index (χ4n) is 2.25. The highest BCUT2D eigenvalue weighted by Gasteiger charge is 2.18. The van der Waals surface area contributed by atoms with Crippen LogP contribution in [0, 0.1) is 18.6 Å². The van der Waals surface area contributed by atoms with Crippen molar-refractivity contribution >= 4 is 11.8 Å². The van der Waals surface area contributed by atoms with Gasteiger partial charge in [-0.25, -0.2) is 8.78 Å². The number of halogens is 2. The number of amides is 2. The fraction of sp³-hybridized carbons (Fsp3) is 0.222. The lowest BCUT2D eigenvalue weighted by Gasteiger charge is -2.14. The van der Waals surface area contributed by atoms with E-state index >= 15 is 0 Å². The molecule has 3 N–H and O–H groups in total. The van der Waals surface area contributed by atoms with Crippen molar-refractivity contribution < 1.29 is 23.5 Å². The van der Waals surface area contributed by atoms with Gasteiger partial charge in [-0.2, -0.15) is 0 Å². The summed E-state index contributed by atoms with van der Waals surface area (Å²) in [7, 11) is 0. The predicted molar refractivity (Wildman–Crippen MR) is 87.8 cm³/mol. The third kappa shape index (κ3) is 5.09. The number of aliphatic hydroxyl groups is 1. The van der Waals surface area contributed by atoms with Crippen molar-refractivity contribution in [2.75, 3.05) is 13.1 Å². The number of hydrogen-bond donors (Lipinski definition) is 3. The van der Waals surface area contributed by atoms with Crippen LogP contribution in [0.1, 0.15) is 27.6 Å². The molecule has 0 bridgehead atoms. The molecular formula is C18H18F2N2O3. The predicted octanol–water partition coefficient (Wildman–Crippen LogP) is 1.85. The maximum atomic E-state index is 13.5. The van der Waals surface area contributed by atoms with Gasteiger partial charge in [0.15, 0.2) is 0 Å². The molecule has 0 aromatic heterocycles.